The maximum Gasteiger partial charge on any atom is 0.388 e. The number of hydrogen-bond donors (Lipinski definition) is 2. The Morgan fingerprint density at radius 3 is 3.00 bits per heavy atom. The Morgan fingerprint density at radius 2 is 2.26 bits per heavy atom. The first-order chi connectivity index (χ1) is 14.8. The van der Waals surface area contributed by atoms with Crippen LogP contribution in [0.4, 0.5) is 14.6 Å². The lowest BCUT2D eigenvalue weighted by atomic mass is 9.80. The number of thioether (sulfide) groups is 1. The minimum Gasteiger partial charge on any atom is -0.415 e. The van der Waals surface area contributed by atoms with E-state index in [1.54, 1.807) is 5.38 Å². The van der Waals surface area contributed by atoms with Crippen LogP contribution >= 0.6 is 23.1 Å². The molecule has 4 rings (SSSR count). The average Bonchev–Trinajstić information content (AvgIpc) is 3.17. The van der Waals surface area contributed by atoms with Gasteiger partial charge in [-0.1, -0.05) is 11.8 Å². The summed E-state index contributed by atoms with van der Waals surface area (Å²) in [4.78, 5) is 29.6. The van der Waals surface area contributed by atoms with Crippen LogP contribution in [0.2, 0.25) is 0 Å². The molecule has 0 aliphatic carbocycles. The lowest BCUT2D eigenvalue weighted by Crippen LogP contribution is -2.49. The van der Waals surface area contributed by atoms with Crippen LogP contribution in [0.1, 0.15) is 34.5 Å². The Labute approximate surface area is 184 Å². The molecule has 1 fully saturated rings. The summed E-state index contributed by atoms with van der Waals surface area (Å²) in [5.74, 6) is 0.459. The molecular weight excluding hydrogens is 450 g/mol. The van der Waals surface area contributed by atoms with Gasteiger partial charge in [-0.15, -0.1) is 11.3 Å². The van der Waals surface area contributed by atoms with E-state index in [2.05, 4.69) is 25.0 Å². The first kappa shape index (κ1) is 21.8. The third kappa shape index (κ3) is 4.48. The van der Waals surface area contributed by atoms with Gasteiger partial charge >= 0.3 is 6.61 Å². The summed E-state index contributed by atoms with van der Waals surface area (Å²) in [5, 5.41) is 5.59. The van der Waals surface area contributed by atoms with Crippen LogP contribution in [0, 0.1) is 12.8 Å². The Kier molecular flexibility index (Phi) is 6.08. The van der Waals surface area contributed by atoms with E-state index in [0.717, 1.165) is 18.4 Å². The molecule has 1 saturated heterocycles. The van der Waals surface area contributed by atoms with Gasteiger partial charge in [-0.3, -0.25) is 4.79 Å². The van der Waals surface area contributed by atoms with Crippen LogP contribution in [-0.2, 0) is 10.3 Å². The van der Waals surface area contributed by atoms with Gasteiger partial charge in [0.05, 0.1) is 24.6 Å². The number of aromatic nitrogens is 3. The van der Waals surface area contributed by atoms with Gasteiger partial charge in [0.25, 0.3) is 5.91 Å². The molecule has 1 unspecified atom stereocenters. The van der Waals surface area contributed by atoms with Crippen molar-refractivity contribution in [2.45, 2.75) is 38.5 Å². The summed E-state index contributed by atoms with van der Waals surface area (Å²) in [6.07, 6.45) is 1.94. The number of carbonyl (C=O) groups is 1. The van der Waals surface area contributed by atoms with Crippen molar-refractivity contribution in [1.29, 1.82) is 0 Å². The van der Waals surface area contributed by atoms with E-state index in [1.165, 1.54) is 30.0 Å². The van der Waals surface area contributed by atoms with Crippen molar-refractivity contribution < 1.29 is 23.0 Å². The third-order valence-electron chi connectivity index (χ3n) is 5.09. The third-order valence-corrected chi connectivity index (χ3v) is 7.05. The van der Waals surface area contributed by atoms with E-state index >= 15 is 0 Å². The molecule has 166 valence electrons. The minimum atomic E-state index is -3.02. The van der Waals surface area contributed by atoms with Crippen LogP contribution in [0.5, 0.6) is 5.88 Å². The molecule has 0 aromatic carbocycles. The van der Waals surface area contributed by atoms with E-state index in [4.69, 9.17) is 15.5 Å². The summed E-state index contributed by atoms with van der Waals surface area (Å²) in [5.41, 5.74) is 5.48. The summed E-state index contributed by atoms with van der Waals surface area (Å²) >= 11 is 2.90. The molecule has 1 amide bonds. The molecule has 3 N–H and O–H groups in total. The first-order valence-electron chi connectivity index (χ1n) is 9.42. The topological polar surface area (TPSA) is 125 Å². The molecule has 13 heteroatoms. The molecule has 31 heavy (non-hydrogen) atoms. The number of amides is 1. The van der Waals surface area contributed by atoms with Gasteiger partial charge in [-0.05, 0) is 20.3 Å². The Balaban J connectivity index is 1.54. The number of aryl methyl sites for hydroxylation is 1. The van der Waals surface area contributed by atoms with Crippen molar-refractivity contribution in [2.75, 3.05) is 17.7 Å². The molecule has 2 aromatic heterocycles. The average molecular weight is 471 g/mol. The predicted octanol–water partition coefficient (Wildman–Crippen LogP) is 2.78. The Morgan fingerprint density at radius 1 is 1.45 bits per heavy atom. The fourth-order valence-electron chi connectivity index (χ4n) is 3.62. The molecule has 4 heterocycles. The summed E-state index contributed by atoms with van der Waals surface area (Å²) in [6.45, 7) is 0.863. The number of amidine groups is 1. The van der Waals surface area contributed by atoms with E-state index in [1.807, 2.05) is 6.92 Å². The molecule has 0 radical (unpaired) electrons. The molecular formula is C18H20F2N6O3S2. The second-order valence-electron chi connectivity index (χ2n) is 7.25. The fraction of sp³-hybridized carbons (Fsp3) is 0.500. The minimum absolute atomic E-state index is 0.0154. The van der Waals surface area contributed by atoms with Crippen LogP contribution in [0.3, 0.4) is 0 Å². The van der Waals surface area contributed by atoms with Crippen molar-refractivity contribution in [2.24, 2.45) is 16.6 Å². The molecule has 0 bridgehead atoms. The normalized spacial score (nSPS) is 25.6. The van der Waals surface area contributed by atoms with E-state index in [9.17, 15) is 13.6 Å². The number of thiazole rings is 1. The van der Waals surface area contributed by atoms with Gasteiger partial charge in [0.1, 0.15) is 22.1 Å². The van der Waals surface area contributed by atoms with E-state index < -0.39 is 18.1 Å². The Hall–Kier alpha value is -2.38. The van der Waals surface area contributed by atoms with E-state index in [0.29, 0.717) is 22.6 Å². The number of ether oxygens (including phenoxy) is 2. The van der Waals surface area contributed by atoms with Crippen molar-refractivity contribution in [3.05, 3.63) is 28.0 Å². The molecule has 0 spiro atoms. The van der Waals surface area contributed by atoms with Crippen LogP contribution in [-0.4, -0.2) is 51.1 Å². The number of halogens is 2. The van der Waals surface area contributed by atoms with Crippen LogP contribution in [0.25, 0.3) is 0 Å². The largest absolute Gasteiger partial charge is 0.415 e. The summed E-state index contributed by atoms with van der Waals surface area (Å²) in [6, 6.07) is 0. The molecule has 2 aromatic rings. The van der Waals surface area contributed by atoms with Crippen molar-refractivity contribution >= 4 is 40.0 Å². The first-order valence-corrected chi connectivity index (χ1v) is 11.3. The highest BCUT2D eigenvalue weighted by atomic mass is 32.2. The maximum atomic E-state index is 12.6. The maximum absolute atomic E-state index is 12.6. The van der Waals surface area contributed by atoms with Gasteiger partial charge < -0.3 is 20.5 Å². The molecule has 2 aliphatic heterocycles. The highest BCUT2D eigenvalue weighted by Gasteiger charge is 2.49. The van der Waals surface area contributed by atoms with Crippen molar-refractivity contribution in [3.8, 4) is 5.88 Å². The number of fused-ring (bicyclic) bond motifs is 1. The number of anilines is 1. The second kappa shape index (κ2) is 8.63. The highest BCUT2D eigenvalue weighted by Crippen LogP contribution is 2.47. The number of nitrogens with one attached hydrogen (secondary N) is 1. The second-order valence-corrected chi connectivity index (χ2v) is 9.15. The smallest absolute Gasteiger partial charge is 0.388 e. The van der Waals surface area contributed by atoms with Gasteiger partial charge in [-0.2, -0.15) is 8.78 Å². The molecule has 3 atom stereocenters. The monoisotopic (exact) mass is 470 g/mol. The number of nitrogens with zero attached hydrogens (tertiary/aromatic N) is 4. The molecule has 9 nitrogen and oxygen atoms in total. The van der Waals surface area contributed by atoms with Gasteiger partial charge in [0.15, 0.2) is 5.17 Å². The highest BCUT2D eigenvalue weighted by molar-refractivity contribution is 8.13. The predicted molar refractivity (Wildman–Crippen MR) is 113 cm³/mol. The standard InChI is InChI=1S/C18H20F2N6O3S2/c1-8-3-10-5-31-17(21)26-18(10,7-28-8)15-25-11(6-30-15)24-14(27)13-9(2)23-12(4-22-13)29-16(19)20/h4,6,8,10,16H,3,5,7H2,1-2H3,(H2,21,26)(H,24,27)/t8-,10-,18?/m0/s1. The van der Waals surface area contributed by atoms with Gasteiger partial charge in [0.2, 0.25) is 5.88 Å². The zero-order valence-corrected chi connectivity index (χ0v) is 18.3. The summed E-state index contributed by atoms with van der Waals surface area (Å²) < 4.78 is 34.7. The lowest BCUT2D eigenvalue weighted by Gasteiger charge is -2.44. The molecule has 2 aliphatic rings. The van der Waals surface area contributed by atoms with Gasteiger partial charge in [0, 0.05) is 17.1 Å². The number of carbonyl (C=O) groups excluding carboxylic acids is 1. The van der Waals surface area contributed by atoms with Crippen molar-refractivity contribution in [3.63, 3.8) is 0 Å². The number of alkyl halides is 2. The summed E-state index contributed by atoms with van der Waals surface area (Å²) in [7, 11) is 0. The van der Waals surface area contributed by atoms with E-state index in [-0.39, 0.29) is 29.3 Å². The number of nitrogens with two attached hydrogens (primary N) is 1. The Bertz CT molecular complexity index is 1020. The zero-order chi connectivity index (χ0) is 22.2. The number of aliphatic imine (C=N–C) groups is 1. The molecule has 0 saturated carbocycles. The van der Waals surface area contributed by atoms with Crippen molar-refractivity contribution in [1.82, 2.24) is 15.0 Å². The van der Waals surface area contributed by atoms with Crippen LogP contribution in [0.15, 0.2) is 16.6 Å². The SMILES string of the molecule is Cc1nc(OC(F)F)cnc1C(=O)Nc1csc(C23CO[C@@H](C)C[C@H]2CSC(N)=N3)n1. The fourth-order valence-corrected chi connectivity index (χ4v) is 5.59. The van der Waals surface area contributed by atoms with Gasteiger partial charge in [-0.25, -0.2) is 19.9 Å². The quantitative estimate of drug-likeness (QED) is 0.684. The lowest BCUT2D eigenvalue weighted by molar-refractivity contribution is -0.0532. The number of hydrogen-bond acceptors (Lipinski definition) is 10. The zero-order valence-electron chi connectivity index (χ0n) is 16.7. The van der Waals surface area contributed by atoms with Crippen LogP contribution < -0.4 is 15.8 Å². The number of rotatable bonds is 5.